The summed E-state index contributed by atoms with van der Waals surface area (Å²) < 4.78 is 0.708. The number of nitrogens with zero attached hydrogens (tertiary/aromatic N) is 2. The molecular formula is C14H15Cl3N2O3S2. The first-order valence-electron chi connectivity index (χ1n) is 6.73. The molecule has 1 unspecified atom stereocenters. The van der Waals surface area contributed by atoms with Gasteiger partial charge >= 0.3 is 5.97 Å². The number of likely N-dealkylation sites (tertiary alicyclic amines) is 1. The number of carboxylic acid groups (broad SMARTS) is 1. The fourth-order valence-electron chi connectivity index (χ4n) is 2.39. The lowest BCUT2D eigenvalue weighted by Crippen LogP contribution is -2.31. The monoisotopic (exact) mass is 428 g/mol. The van der Waals surface area contributed by atoms with Crippen molar-refractivity contribution < 1.29 is 14.7 Å². The Morgan fingerprint density at radius 3 is 2.71 bits per heavy atom. The minimum atomic E-state index is -0.833. The van der Waals surface area contributed by atoms with Gasteiger partial charge in [-0.25, -0.2) is 4.98 Å². The summed E-state index contributed by atoms with van der Waals surface area (Å²) >= 11 is 8.85. The van der Waals surface area contributed by atoms with Gasteiger partial charge in [0.15, 0.2) is 0 Å². The van der Waals surface area contributed by atoms with Gasteiger partial charge in [0.2, 0.25) is 5.91 Å². The molecule has 1 amide bonds. The molecule has 1 saturated heterocycles. The molecule has 1 N–H and O–H groups in total. The van der Waals surface area contributed by atoms with Crippen LogP contribution in [0.4, 0.5) is 0 Å². The zero-order valence-corrected chi connectivity index (χ0v) is 16.3. The third-order valence-electron chi connectivity index (χ3n) is 3.56. The Labute approximate surface area is 164 Å². The van der Waals surface area contributed by atoms with Crippen LogP contribution in [0, 0.1) is 5.92 Å². The maximum absolute atomic E-state index is 12.2. The van der Waals surface area contributed by atoms with Crippen LogP contribution in [-0.2, 0) is 16.0 Å². The third-order valence-corrected chi connectivity index (χ3v) is 5.85. The van der Waals surface area contributed by atoms with Gasteiger partial charge in [0, 0.05) is 18.5 Å². The highest BCUT2D eigenvalue weighted by atomic mass is 35.5. The highest BCUT2D eigenvalue weighted by molar-refractivity contribution is 7.23. The summed E-state index contributed by atoms with van der Waals surface area (Å²) in [4.78, 5) is 30.2. The van der Waals surface area contributed by atoms with Crippen molar-refractivity contribution in [3.8, 4) is 9.88 Å². The second-order valence-electron chi connectivity index (χ2n) is 5.09. The molecule has 0 saturated carbocycles. The fourth-order valence-corrected chi connectivity index (χ4v) is 4.32. The van der Waals surface area contributed by atoms with Crippen LogP contribution in [0.25, 0.3) is 9.88 Å². The molecule has 1 aliphatic heterocycles. The van der Waals surface area contributed by atoms with E-state index in [1.807, 2.05) is 17.5 Å². The Bertz CT molecular complexity index is 720. The van der Waals surface area contributed by atoms with Crippen LogP contribution >= 0.6 is 59.1 Å². The maximum Gasteiger partial charge on any atom is 0.308 e. The predicted molar refractivity (Wildman–Crippen MR) is 101 cm³/mol. The van der Waals surface area contributed by atoms with Crippen molar-refractivity contribution in [1.82, 2.24) is 9.88 Å². The molecule has 3 rings (SSSR count). The lowest BCUT2D eigenvalue weighted by atomic mass is 10.1. The van der Waals surface area contributed by atoms with Crippen LogP contribution in [0.2, 0.25) is 4.34 Å². The molecule has 3 heterocycles. The van der Waals surface area contributed by atoms with Gasteiger partial charge in [-0.3, -0.25) is 9.59 Å². The van der Waals surface area contributed by atoms with Gasteiger partial charge in [0.1, 0.15) is 5.01 Å². The van der Waals surface area contributed by atoms with Gasteiger partial charge in [0.05, 0.1) is 27.2 Å². The average molecular weight is 430 g/mol. The first-order valence-corrected chi connectivity index (χ1v) is 8.81. The van der Waals surface area contributed by atoms with Gasteiger partial charge in [-0.05, 0) is 18.6 Å². The Kier molecular flexibility index (Phi) is 7.95. The Balaban J connectivity index is 0.00000144. The first-order chi connectivity index (χ1) is 10.5. The number of carbonyl (C=O) groups excluding carboxylic acids is 1. The van der Waals surface area contributed by atoms with Crippen LogP contribution < -0.4 is 0 Å². The molecule has 24 heavy (non-hydrogen) atoms. The van der Waals surface area contributed by atoms with Gasteiger partial charge in [-0.15, -0.1) is 47.5 Å². The summed E-state index contributed by atoms with van der Waals surface area (Å²) in [6, 6.07) is 3.74. The molecule has 0 bridgehead atoms. The quantitative estimate of drug-likeness (QED) is 0.801. The molecule has 1 atom stereocenters. The molecule has 1 fully saturated rings. The number of aliphatic carboxylic acids is 1. The van der Waals surface area contributed by atoms with Gasteiger partial charge in [-0.1, -0.05) is 11.6 Å². The lowest BCUT2D eigenvalue weighted by molar-refractivity contribution is -0.141. The smallest absolute Gasteiger partial charge is 0.308 e. The zero-order chi connectivity index (χ0) is 15.7. The zero-order valence-electron chi connectivity index (χ0n) is 12.3. The van der Waals surface area contributed by atoms with Crippen LogP contribution in [0.3, 0.4) is 0 Å². The fraction of sp³-hybridized carbons (Fsp3) is 0.357. The SMILES string of the molecule is Cl.Cl.O=C(O)C1CCN(C(=O)Cc2csc(-c3ccc(Cl)s3)n2)C1. The molecule has 10 heteroatoms. The molecule has 0 radical (unpaired) electrons. The summed E-state index contributed by atoms with van der Waals surface area (Å²) in [5, 5.41) is 11.7. The summed E-state index contributed by atoms with van der Waals surface area (Å²) in [6.45, 7) is 0.805. The van der Waals surface area contributed by atoms with Crippen LogP contribution in [0.1, 0.15) is 12.1 Å². The standard InChI is InChI=1S/C14H13ClN2O3S2.2ClH/c15-11-2-1-10(22-11)13-16-9(7-21-13)5-12(18)17-4-3-8(6-17)14(19)20;;/h1-2,7-8H,3-6H2,(H,19,20);2*1H. The Hall–Kier alpha value is -0.860. The van der Waals surface area contributed by atoms with E-state index in [0.29, 0.717) is 29.5 Å². The number of amides is 1. The van der Waals surface area contributed by atoms with E-state index >= 15 is 0 Å². The Morgan fingerprint density at radius 2 is 2.12 bits per heavy atom. The third kappa shape index (κ3) is 4.83. The number of carbonyl (C=O) groups is 2. The van der Waals surface area contributed by atoms with Crippen molar-refractivity contribution >= 4 is 71.0 Å². The molecule has 1 aliphatic rings. The molecule has 2 aromatic rings. The molecule has 0 aliphatic carbocycles. The van der Waals surface area contributed by atoms with E-state index in [-0.39, 0.29) is 37.1 Å². The molecular weight excluding hydrogens is 415 g/mol. The minimum absolute atomic E-state index is 0. The normalized spacial score (nSPS) is 16.4. The number of halogens is 3. The van der Waals surface area contributed by atoms with Crippen LogP contribution in [0.15, 0.2) is 17.5 Å². The van der Waals surface area contributed by atoms with Crippen molar-refractivity contribution in [2.24, 2.45) is 5.92 Å². The van der Waals surface area contributed by atoms with Crippen LogP contribution in [0.5, 0.6) is 0 Å². The summed E-state index contributed by atoms with van der Waals surface area (Å²) in [5.74, 6) is -1.34. The topological polar surface area (TPSA) is 70.5 Å². The van der Waals surface area contributed by atoms with E-state index in [1.165, 1.54) is 22.7 Å². The van der Waals surface area contributed by atoms with Crippen molar-refractivity contribution in [3.63, 3.8) is 0 Å². The number of aromatic nitrogens is 1. The van der Waals surface area contributed by atoms with E-state index in [9.17, 15) is 9.59 Å². The first kappa shape index (κ1) is 21.2. The minimum Gasteiger partial charge on any atom is -0.481 e. The van der Waals surface area contributed by atoms with Crippen molar-refractivity contribution in [2.45, 2.75) is 12.8 Å². The van der Waals surface area contributed by atoms with Gasteiger partial charge < -0.3 is 10.0 Å². The van der Waals surface area contributed by atoms with Crippen molar-refractivity contribution in [2.75, 3.05) is 13.1 Å². The predicted octanol–water partition coefficient (Wildman–Crippen LogP) is 3.84. The second-order valence-corrected chi connectivity index (χ2v) is 7.66. The highest BCUT2D eigenvalue weighted by Crippen LogP contribution is 2.33. The maximum atomic E-state index is 12.2. The van der Waals surface area contributed by atoms with Gasteiger partial charge in [-0.2, -0.15) is 0 Å². The van der Waals surface area contributed by atoms with Crippen molar-refractivity contribution in [1.29, 1.82) is 0 Å². The van der Waals surface area contributed by atoms with E-state index in [1.54, 1.807) is 4.90 Å². The molecule has 0 spiro atoms. The largest absolute Gasteiger partial charge is 0.481 e. The molecule has 132 valence electrons. The molecule has 2 aromatic heterocycles. The van der Waals surface area contributed by atoms with Gasteiger partial charge in [0.25, 0.3) is 0 Å². The average Bonchev–Trinajstić information content (AvgIpc) is 3.17. The number of hydrogen-bond acceptors (Lipinski definition) is 5. The summed E-state index contributed by atoms with van der Waals surface area (Å²) in [7, 11) is 0. The van der Waals surface area contributed by atoms with E-state index in [4.69, 9.17) is 16.7 Å². The Morgan fingerprint density at radius 1 is 1.38 bits per heavy atom. The van der Waals surface area contributed by atoms with E-state index < -0.39 is 11.9 Å². The number of carboxylic acids is 1. The lowest BCUT2D eigenvalue weighted by Gasteiger charge is -2.14. The number of hydrogen-bond donors (Lipinski definition) is 1. The van der Waals surface area contributed by atoms with Crippen LogP contribution in [-0.4, -0.2) is 40.0 Å². The number of thiophene rings is 1. The van der Waals surface area contributed by atoms with Crippen molar-refractivity contribution in [3.05, 3.63) is 27.5 Å². The highest BCUT2D eigenvalue weighted by Gasteiger charge is 2.30. The second kappa shape index (κ2) is 9.01. The number of rotatable bonds is 4. The summed E-state index contributed by atoms with van der Waals surface area (Å²) in [6.07, 6.45) is 0.735. The van der Waals surface area contributed by atoms with E-state index in [0.717, 1.165) is 9.88 Å². The number of thiazole rings is 1. The summed E-state index contributed by atoms with van der Waals surface area (Å²) in [5.41, 5.74) is 0.716. The van der Waals surface area contributed by atoms with E-state index in [2.05, 4.69) is 4.98 Å². The molecule has 0 aromatic carbocycles. The molecule has 5 nitrogen and oxygen atoms in total.